The molecule has 1 fully saturated rings. The van der Waals surface area contributed by atoms with Gasteiger partial charge in [-0.25, -0.2) is 4.39 Å². The SMILES string of the molecule is O=C(c1cccc(N2CCOCC2)c1)N(F)c1ccc(F)c(COc2cccnc2)c1. The Balaban J connectivity index is 1.49. The molecule has 0 spiro atoms. The summed E-state index contributed by atoms with van der Waals surface area (Å²) < 4.78 is 40.0. The third kappa shape index (κ3) is 4.97. The van der Waals surface area contributed by atoms with E-state index in [0.717, 1.165) is 11.8 Å². The second kappa shape index (κ2) is 9.53. The molecule has 0 unspecified atom stereocenters. The van der Waals surface area contributed by atoms with Crippen LogP contribution in [0.3, 0.4) is 0 Å². The fourth-order valence-corrected chi connectivity index (χ4v) is 3.28. The molecule has 2 heterocycles. The van der Waals surface area contributed by atoms with Gasteiger partial charge >= 0.3 is 0 Å². The van der Waals surface area contributed by atoms with Crippen LogP contribution in [-0.2, 0) is 11.3 Å². The molecule has 0 atom stereocenters. The van der Waals surface area contributed by atoms with Gasteiger partial charge in [0, 0.05) is 36.1 Å². The number of benzene rings is 2. The van der Waals surface area contributed by atoms with E-state index in [4.69, 9.17) is 9.47 Å². The van der Waals surface area contributed by atoms with Gasteiger partial charge in [0.15, 0.2) is 0 Å². The highest BCUT2D eigenvalue weighted by Gasteiger charge is 2.21. The lowest BCUT2D eigenvalue weighted by Gasteiger charge is -2.29. The molecule has 4 rings (SSSR count). The van der Waals surface area contributed by atoms with Crippen LogP contribution >= 0.6 is 0 Å². The van der Waals surface area contributed by atoms with Gasteiger partial charge in [0.05, 0.1) is 25.1 Å². The number of hydrogen-bond donors (Lipinski definition) is 0. The topological polar surface area (TPSA) is 54.9 Å². The molecule has 1 aromatic heterocycles. The molecule has 0 saturated carbocycles. The number of morpholine rings is 1. The van der Waals surface area contributed by atoms with E-state index in [9.17, 15) is 13.7 Å². The lowest BCUT2D eigenvalue weighted by Crippen LogP contribution is -2.36. The van der Waals surface area contributed by atoms with Gasteiger partial charge < -0.3 is 14.4 Å². The van der Waals surface area contributed by atoms with Crippen LogP contribution in [0.25, 0.3) is 0 Å². The van der Waals surface area contributed by atoms with Crippen LogP contribution in [0.2, 0.25) is 0 Å². The van der Waals surface area contributed by atoms with Crippen molar-refractivity contribution in [2.24, 2.45) is 0 Å². The van der Waals surface area contributed by atoms with E-state index in [1.807, 2.05) is 6.07 Å². The predicted octanol–water partition coefficient (Wildman–Crippen LogP) is 4.17. The molecule has 0 radical (unpaired) electrons. The van der Waals surface area contributed by atoms with Crippen LogP contribution in [0.4, 0.5) is 20.2 Å². The maximum atomic E-state index is 14.9. The van der Waals surface area contributed by atoms with Gasteiger partial charge in [0.2, 0.25) is 0 Å². The molecule has 0 aliphatic carbocycles. The van der Waals surface area contributed by atoms with Crippen LogP contribution in [0, 0.1) is 5.82 Å². The first kappa shape index (κ1) is 20.7. The molecule has 1 saturated heterocycles. The molecule has 160 valence electrons. The summed E-state index contributed by atoms with van der Waals surface area (Å²) in [6.45, 7) is 2.49. The van der Waals surface area contributed by atoms with Crippen molar-refractivity contribution in [2.75, 3.05) is 36.3 Å². The predicted molar refractivity (Wildman–Crippen MR) is 112 cm³/mol. The molecule has 1 amide bonds. The lowest BCUT2D eigenvalue weighted by molar-refractivity contribution is 0.0931. The van der Waals surface area contributed by atoms with Crippen molar-refractivity contribution in [3.8, 4) is 5.75 Å². The Morgan fingerprint density at radius 1 is 1.13 bits per heavy atom. The summed E-state index contributed by atoms with van der Waals surface area (Å²) in [5.74, 6) is -0.927. The minimum absolute atomic E-state index is 0.0193. The van der Waals surface area contributed by atoms with Gasteiger partial charge in [-0.15, -0.1) is 5.12 Å². The highest BCUT2D eigenvalue weighted by atomic mass is 19.2. The summed E-state index contributed by atoms with van der Waals surface area (Å²) in [7, 11) is 0. The molecule has 31 heavy (non-hydrogen) atoms. The van der Waals surface area contributed by atoms with E-state index in [0.29, 0.717) is 32.1 Å². The van der Waals surface area contributed by atoms with Gasteiger partial charge in [-0.2, -0.15) is 0 Å². The summed E-state index contributed by atoms with van der Waals surface area (Å²) >= 11 is 0. The molecule has 1 aliphatic heterocycles. The minimum Gasteiger partial charge on any atom is -0.487 e. The van der Waals surface area contributed by atoms with Gasteiger partial charge in [-0.3, -0.25) is 9.78 Å². The maximum Gasteiger partial charge on any atom is 0.286 e. The fraction of sp³-hybridized carbons (Fsp3) is 0.217. The Labute approximate surface area is 178 Å². The number of amides is 1. The Bertz CT molecular complexity index is 1040. The Morgan fingerprint density at radius 3 is 2.74 bits per heavy atom. The van der Waals surface area contributed by atoms with Crippen LogP contribution in [0.1, 0.15) is 15.9 Å². The molecule has 0 N–H and O–H groups in total. The van der Waals surface area contributed by atoms with Crippen molar-refractivity contribution in [2.45, 2.75) is 6.61 Å². The number of halogens is 2. The number of carbonyl (C=O) groups is 1. The van der Waals surface area contributed by atoms with Gasteiger partial charge in [0.25, 0.3) is 5.91 Å². The van der Waals surface area contributed by atoms with Gasteiger partial charge in [0.1, 0.15) is 18.2 Å². The van der Waals surface area contributed by atoms with Crippen molar-refractivity contribution in [1.82, 2.24) is 4.98 Å². The van der Waals surface area contributed by atoms with Crippen LogP contribution < -0.4 is 14.8 Å². The van der Waals surface area contributed by atoms with E-state index in [2.05, 4.69) is 9.88 Å². The minimum atomic E-state index is -0.833. The fourth-order valence-electron chi connectivity index (χ4n) is 3.28. The second-order valence-corrected chi connectivity index (χ2v) is 6.99. The summed E-state index contributed by atoms with van der Waals surface area (Å²) in [5.41, 5.74) is 1.07. The summed E-state index contributed by atoms with van der Waals surface area (Å²) in [6, 6.07) is 13.7. The quantitative estimate of drug-likeness (QED) is 0.555. The lowest BCUT2D eigenvalue weighted by atomic mass is 10.1. The van der Waals surface area contributed by atoms with Crippen molar-refractivity contribution >= 4 is 17.3 Å². The standard InChI is InChI=1S/C23H21F2N3O3/c24-22-7-6-20(14-18(22)16-31-21-5-2-8-26-15-21)28(25)23(29)17-3-1-4-19(13-17)27-9-11-30-12-10-27/h1-8,13-15H,9-12,16H2. The summed E-state index contributed by atoms with van der Waals surface area (Å²) in [4.78, 5) is 18.7. The molecular formula is C23H21F2N3O3. The number of aromatic nitrogens is 1. The first-order valence-corrected chi connectivity index (χ1v) is 9.86. The highest BCUT2D eigenvalue weighted by molar-refractivity contribution is 6.05. The van der Waals surface area contributed by atoms with E-state index in [-0.39, 0.29) is 28.5 Å². The number of pyridine rings is 1. The van der Waals surface area contributed by atoms with Crippen LogP contribution in [0.5, 0.6) is 5.75 Å². The number of hydrogen-bond acceptors (Lipinski definition) is 5. The third-order valence-electron chi connectivity index (χ3n) is 4.93. The first-order chi connectivity index (χ1) is 15.1. The Hall–Kier alpha value is -3.52. The maximum absolute atomic E-state index is 14.9. The number of anilines is 2. The first-order valence-electron chi connectivity index (χ1n) is 9.86. The van der Waals surface area contributed by atoms with E-state index < -0.39 is 11.7 Å². The zero-order valence-corrected chi connectivity index (χ0v) is 16.7. The molecule has 6 nitrogen and oxygen atoms in total. The summed E-state index contributed by atoms with van der Waals surface area (Å²) in [6.07, 6.45) is 3.09. The smallest absolute Gasteiger partial charge is 0.286 e. The van der Waals surface area contributed by atoms with Crippen molar-refractivity contribution in [3.05, 3.63) is 83.9 Å². The average Bonchev–Trinajstić information content (AvgIpc) is 2.84. The third-order valence-corrected chi connectivity index (χ3v) is 4.93. The average molecular weight is 425 g/mol. The van der Waals surface area contributed by atoms with E-state index in [1.54, 1.807) is 36.5 Å². The Kier molecular flexibility index (Phi) is 6.37. The van der Waals surface area contributed by atoms with Crippen LogP contribution in [-0.4, -0.2) is 37.2 Å². The molecule has 3 aromatic rings. The van der Waals surface area contributed by atoms with E-state index in [1.165, 1.54) is 18.3 Å². The number of rotatable bonds is 6. The van der Waals surface area contributed by atoms with Crippen molar-refractivity contribution < 1.29 is 23.1 Å². The molecule has 0 bridgehead atoms. The number of nitrogens with zero attached hydrogens (tertiary/aromatic N) is 3. The zero-order valence-electron chi connectivity index (χ0n) is 16.7. The van der Waals surface area contributed by atoms with Gasteiger partial charge in [-0.05, 0) is 48.5 Å². The molecule has 2 aromatic carbocycles. The largest absolute Gasteiger partial charge is 0.487 e. The normalized spacial score (nSPS) is 13.7. The van der Waals surface area contributed by atoms with Crippen LogP contribution in [0.15, 0.2) is 67.0 Å². The van der Waals surface area contributed by atoms with Crippen molar-refractivity contribution in [3.63, 3.8) is 0 Å². The highest BCUT2D eigenvalue weighted by Crippen LogP contribution is 2.24. The molecular weight excluding hydrogens is 404 g/mol. The van der Waals surface area contributed by atoms with E-state index >= 15 is 0 Å². The zero-order chi connectivity index (χ0) is 21.6. The monoisotopic (exact) mass is 425 g/mol. The number of ether oxygens (including phenoxy) is 2. The Morgan fingerprint density at radius 2 is 1.97 bits per heavy atom. The van der Waals surface area contributed by atoms with Crippen molar-refractivity contribution in [1.29, 1.82) is 0 Å². The second-order valence-electron chi connectivity index (χ2n) is 6.99. The molecule has 1 aliphatic rings. The molecule has 8 heteroatoms. The number of carbonyl (C=O) groups excluding carboxylic acids is 1. The summed E-state index contributed by atoms with van der Waals surface area (Å²) in [5, 5.41) is 0.0193. The van der Waals surface area contributed by atoms with Gasteiger partial charge in [-0.1, -0.05) is 10.5 Å².